The summed E-state index contributed by atoms with van der Waals surface area (Å²) in [4.78, 5) is 27.7. The fraction of sp³-hybridized carbons (Fsp3) is 0.500. The molecule has 1 saturated heterocycles. The van der Waals surface area contributed by atoms with Crippen molar-refractivity contribution >= 4 is 23.6 Å². The second kappa shape index (κ2) is 13.9. The first-order valence-corrected chi connectivity index (χ1v) is 12.3. The number of methoxy groups -OCH3 is 1. The number of hydrogen-bond donors (Lipinski definition) is 1. The number of carbonyl (C=O) groups is 1. The number of rotatable bonds is 12. The van der Waals surface area contributed by atoms with Crippen LogP contribution in [0.3, 0.4) is 0 Å². The van der Waals surface area contributed by atoms with Gasteiger partial charge in [0, 0.05) is 58.4 Å². The van der Waals surface area contributed by atoms with Crippen LogP contribution in [-0.2, 0) is 9.53 Å². The van der Waals surface area contributed by atoms with Crippen LogP contribution in [0.2, 0.25) is 0 Å². The molecule has 10 heteroatoms. The van der Waals surface area contributed by atoms with Gasteiger partial charge in [-0.1, -0.05) is 6.92 Å². The molecule has 0 atom stereocenters. The molecular formula is C26H36FN5O4. The topological polar surface area (TPSA) is 90.7 Å². The minimum Gasteiger partial charge on any atom is -0.494 e. The SMILES string of the molecule is CCCOCCN(C(C)=O)c1cc(-c2ccc(OC)c(F)c2)ncc1N=CN1CCN(CCO)CC1. The molecule has 1 aliphatic heterocycles. The molecule has 1 aromatic carbocycles. The smallest absolute Gasteiger partial charge is 0.224 e. The normalized spacial score (nSPS) is 14.4. The number of piperazine rings is 1. The molecule has 0 saturated carbocycles. The highest BCUT2D eigenvalue weighted by atomic mass is 19.1. The van der Waals surface area contributed by atoms with Crippen molar-refractivity contribution in [2.75, 3.05) is 71.1 Å². The average molecular weight is 502 g/mol. The first kappa shape index (κ1) is 27.5. The molecule has 0 aliphatic carbocycles. The lowest BCUT2D eigenvalue weighted by Gasteiger charge is -2.33. The molecule has 2 aromatic rings. The highest BCUT2D eigenvalue weighted by Gasteiger charge is 2.19. The Morgan fingerprint density at radius 1 is 1.25 bits per heavy atom. The van der Waals surface area contributed by atoms with Gasteiger partial charge in [0.1, 0.15) is 5.69 Å². The molecule has 1 N–H and O–H groups in total. The van der Waals surface area contributed by atoms with Crippen LogP contribution in [0.25, 0.3) is 11.3 Å². The van der Waals surface area contributed by atoms with Gasteiger partial charge in [-0.2, -0.15) is 0 Å². The number of halogens is 1. The van der Waals surface area contributed by atoms with Crippen molar-refractivity contribution in [3.63, 3.8) is 0 Å². The third-order valence-electron chi connectivity index (χ3n) is 5.97. The summed E-state index contributed by atoms with van der Waals surface area (Å²) in [6.07, 6.45) is 4.27. The fourth-order valence-electron chi connectivity index (χ4n) is 3.97. The summed E-state index contributed by atoms with van der Waals surface area (Å²) >= 11 is 0. The van der Waals surface area contributed by atoms with Crippen LogP contribution in [0.1, 0.15) is 20.3 Å². The van der Waals surface area contributed by atoms with Crippen LogP contribution in [0.5, 0.6) is 5.75 Å². The Hall–Kier alpha value is -3.08. The van der Waals surface area contributed by atoms with Crippen LogP contribution in [-0.4, -0.2) is 98.3 Å². The monoisotopic (exact) mass is 501 g/mol. The maximum Gasteiger partial charge on any atom is 0.224 e. The Bertz CT molecular complexity index is 1030. The van der Waals surface area contributed by atoms with Crippen LogP contribution in [0.4, 0.5) is 15.8 Å². The minimum atomic E-state index is -0.489. The molecule has 0 radical (unpaired) electrons. The van der Waals surface area contributed by atoms with Gasteiger partial charge in [-0.05, 0) is 30.7 Å². The highest BCUT2D eigenvalue weighted by Crippen LogP contribution is 2.33. The summed E-state index contributed by atoms with van der Waals surface area (Å²) in [5.74, 6) is -0.489. The van der Waals surface area contributed by atoms with Crippen molar-refractivity contribution in [3.05, 3.63) is 36.3 Å². The Morgan fingerprint density at radius 3 is 2.67 bits per heavy atom. The predicted molar refractivity (Wildman–Crippen MR) is 139 cm³/mol. The zero-order chi connectivity index (χ0) is 25.9. The lowest BCUT2D eigenvalue weighted by molar-refractivity contribution is -0.116. The van der Waals surface area contributed by atoms with E-state index in [1.54, 1.807) is 35.6 Å². The number of aliphatic hydroxyl groups excluding tert-OH is 1. The van der Waals surface area contributed by atoms with E-state index in [1.165, 1.54) is 20.1 Å². The van der Waals surface area contributed by atoms with E-state index in [2.05, 4.69) is 19.8 Å². The maximum absolute atomic E-state index is 14.4. The van der Waals surface area contributed by atoms with Gasteiger partial charge in [0.2, 0.25) is 5.91 Å². The van der Waals surface area contributed by atoms with Crippen molar-refractivity contribution in [3.8, 4) is 17.0 Å². The molecule has 0 bridgehead atoms. The van der Waals surface area contributed by atoms with Crippen molar-refractivity contribution in [2.45, 2.75) is 20.3 Å². The first-order chi connectivity index (χ1) is 17.5. The van der Waals surface area contributed by atoms with E-state index < -0.39 is 5.82 Å². The Balaban J connectivity index is 1.90. The summed E-state index contributed by atoms with van der Waals surface area (Å²) in [7, 11) is 1.42. The third kappa shape index (κ3) is 7.46. The van der Waals surface area contributed by atoms with Crippen molar-refractivity contribution < 1.29 is 23.8 Å². The van der Waals surface area contributed by atoms with E-state index in [4.69, 9.17) is 14.6 Å². The van der Waals surface area contributed by atoms with Crippen molar-refractivity contribution in [2.24, 2.45) is 4.99 Å². The molecule has 2 heterocycles. The number of anilines is 1. The largest absolute Gasteiger partial charge is 0.494 e. The molecule has 1 amide bonds. The predicted octanol–water partition coefficient (Wildman–Crippen LogP) is 2.95. The molecule has 36 heavy (non-hydrogen) atoms. The summed E-state index contributed by atoms with van der Waals surface area (Å²) < 4.78 is 25.0. The van der Waals surface area contributed by atoms with Crippen molar-refractivity contribution in [1.29, 1.82) is 0 Å². The van der Waals surface area contributed by atoms with E-state index in [-0.39, 0.29) is 18.3 Å². The molecule has 1 aliphatic rings. The third-order valence-corrected chi connectivity index (χ3v) is 5.97. The second-order valence-electron chi connectivity index (χ2n) is 8.54. The van der Waals surface area contributed by atoms with E-state index in [9.17, 15) is 9.18 Å². The molecule has 1 aromatic heterocycles. The Kier molecular flexibility index (Phi) is 10.6. The number of hydrogen-bond acceptors (Lipinski definition) is 7. The van der Waals surface area contributed by atoms with Crippen LogP contribution < -0.4 is 9.64 Å². The number of aliphatic imine (C=N–C) groups is 1. The van der Waals surface area contributed by atoms with Gasteiger partial charge in [-0.15, -0.1) is 0 Å². The minimum absolute atomic E-state index is 0.149. The van der Waals surface area contributed by atoms with E-state index in [0.29, 0.717) is 48.9 Å². The number of pyridine rings is 1. The van der Waals surface area contributed by atoms with Gasteiger partial charge >= 0.3 is 0 Å². The number of benzene rings is 1. The van der Waals surface area contributed by atoms with Gasteiger partial charge in [-0.25, -0.2) is 9.38 Å². The zero-order valence-corrected chi connectivity index (χ0v) is 21.3. The molecular weight excluding hydrogens is 465 g/mol. The van der Waals surface area contributed by atoms with Crippen molar-refractivity contribution in [1.82, 2.24) is 14.8 Å². The first-order valence-electron chi connectivity index (χ1n) is 12.3. The Labute approximate surface area is 212 Å². The summed E-state index contributed by atoms with van der Waals surface area (Å²) in [5, 5.41) is 9.14. The molecule has 1 fully saturated rings. The molecule has 3 rings (SSSR count). The Morgan fingerprint density at radius 2 is 2.03 bits per heavy atom. The number of aliphatic hydroxyl groups is 1. The maximum atomic E-state index is 14.4. The van der Waals surface area contributed by atoms with Crippen LogP contribution in [0, 0.1) is 5.82 Å². The molecule has 9 nitrogen and oxygen atoms in total. The zero-order valence-electron chi connectivity index (χ0n) is 21.3. The number of ether oxygens (including phenoxy) is 2. The van der Waals surface area contributed by atoms with E-state index in [1.807, 2.05) is 6.92 Å². The fourth-order valence-corrected chi connectivity index (χ4v) is 3.97. The number of amides is 1. The van der Waals surface area contributed by atoms with Gasteiger partial charge in [0.05, 0.1) is 44.2 Å². The van der Waals surface area contributed by atoms with Gasteiger partial charge in [0.25, 0.3) is 0 Å². The molecule has 0 spiro atoms. The standard InChI is InChI=1S/C26H36FN5O4/c1-4-14-36-15-12-32(20(2)34)25-17-23(21-5-6-26(35-3)22(27)16-21)28-18-24(25)29-19-31-9-7-30(8-10-31)11-13-33/h5-6,16-19,33H,4,7-15H2,1-3H3. The van der Waals surface area contributed by atoms with Crippen LogP contribution in [0.15, 0.2) is 35.5 Å². The number of nitrogens with zero attached hydrogens (tertiary/aromatic N) is 5. The van der Waals surface area contributed by atoms with E-state index >= 15 is 0 Å². The van der Waals surface area contributed by atoms with Gasteiger partial charge in [-0.3, -0.25) is 14.7 Å². The molecule has 196 valence electrons. The average Bonchev–Trinajstić information content (AvgIpc) is 2.88. The number of aromatic nitrogens is 1. The summed E-state index contributed by atoms with van der Waals surface area (Å²) in [6, 6.07) is 6.40. The lowest BCUT2D eigenvalue weighted by atomic mass is 10.1. The van der Waals surface area contributed by atoms with Gasteiger partial charge in [0.15, 0.2) is 11.6 Å². The van der Waals surface area contributed by atoms with Crippen LogP contribution >= 0.6 is 0 Å². The van der Waals surface area contributed by atoms with Gasteiger partial charge < -0.3 is 24.4 Å². The number of β-amino-alcohol motifs (C(OH)–C–C–N with tert-alkyl or cyclic N) is 1. The van der Waals surface area contributed by atoms with E-state index in [0.717, 1.165) is 32.6 Å². The summed E-state index contributed by atoms with van der Waals surface area (Å²) in [6.45, 7) is 8.97. The molecule has 0 unspecified atom stereocenters. The second-order valence-corrected chi connectivity index (χ2v) is 8.54. The highest BCUT2D eigenvalue weighted by molar-refractivity contribution is 5.95. The summed E-state index contributed by atoms with van der Waals surface area (Å²) in [5.41, 5.74) is 2.20. The lowest BCUT2D eigenvalue weighted by Crippen LogP contribution is -2.46. The number of carbonyl (C=O) groups excluding carboxylic acids is 1. The quantitative estimate of drug-likeness (QED) is 0.272.